The fraction of sp³-hybridized carbons (Fsp3) is 0.517. The minimum Gasteiger partial charge on any atom is -0.508 e. The van der Waals surface area contributed by atoms with Crippen molar-refractivity contribution in [2.75, 3.05) is 0 Å². The minimum atomic E-state index is -0.822. The van der Waals surface area contributed by atoms with E-state index < -0.39 is 23.0 Å². The number of esters is 2. The molecule has 0 heterocycles. The average Bonchev–Trinajstić information content (AvgIpc) is 2.77. The van der Waals surface area contributed by atoms with Crippen LogP contribution in [0, 0.1) is 22.7 Å². The number of phenolic OH excluding ortho intramolecular Hbond substituents is 1. The molecule has 0 aliphatic heterocycles. The molecular weight excluding hydrogens is 428 g/mol. The van der Waals surface area contributed by atoms with Crippen molar-refractivity contribution in [1.82, 2.24) is 0 Å². The fourth-order valence-corrected chi connectivity index (χ4v) is 6.61. The number of carbonyl (C=O) groups excluding carboxylic acids is 2. The summed E-state index contributed by atoms with van der Waals surface area (Å²) >= 11 is 0. The maximum atomic E-state index is 13.4. The summed E-state index contributed by atoms with van der Waals surface area (Å²) in [5.41, 5.74) is -0.195. The molecule has 0 radical (unpaired) electrons. The molecular formula is C29H38O5. The van der Waals surface area contributed by atoms with Crippen LogP contribution in [0.15, 0.2) is 55.1 Å². The van der Waals surface area contributed by atoms with Gasteiger partial charge in [-0.25, -0.2) is 4.79 Å². The predicted octanol–water partition coefficient (Wildman–Crippen LogP) is 5.97. The molecule has 2 aliphatic carbocycles. The van der Waals surface area contributed by atoms with Gasteiger partial charge in [-0.05, 0) is 93.4 Å². The molecule has 2 fully saturated rings. The second-order valence-corrected chi connectivity index (χ2v) is 10.8. The molecule has 2 aliphatic rings. The topological polar surface area (TPSA) is 83.8 Å². The fourth-order valence-electron chi connectivity index (χ4n) is 6.61. The second-order valence-electron chi connectivity index (χ2n) is 10.8. The molecule has 0 amide bonds. The summed E-state index contributed by atoms with van der Waals surface area (Å²) in [6.07, 6.45) is 9.85. The SMILES string of the molecule is C=CC(=C)CC[C@@H]1[C@@]2(C)CCC[C@](C)(C(=O)OC(=O)C=Cc3ccc(O)cc3)[C@@H]2CC[C@@]1(C)O. The Balaban J connectivity index is 1.78. The lowest BCUT2D eigenvalue weighted by Crippen LogP contribution is -2.60. The van der Waals surface area contributed by atoms with E-state index in [0.717, 1.165) is 36.8 Å². The van der Waals surface area contributed by atoms with Crippen LogP contribution in [0.1, 0.15) is 71.3 Å². The molecule has 0 saturated heterocycles. The molecule has 34 heavy (non-hydrogen) atoms. The molecule has 1 aromatic rings. The highest BCUT2D eigenvalue weighted by Gasteiger charge is 2.61. The first-order valence-electron chi connectivity index (χ1n) is 12.2. The Labute approximate surface area is 203 Å². The Kier molecular flexibility index (Phi) is 7.56. The first-order valence-corrected chi connectivity index (χ1v) is 12.2. The van der Waals surface area contributed by atoms with Gasteiger partial charge in [-0.2, -0.15) is 0 Å². The maximum Gasteiger partial charge on any atom is 0.338 e. The van der Waals surface area contributed by atoms with Gasteiger partial charge >= 0.3 is 11.9 Å². The zero-order valence-electron chi connectivity index (χ0n) is 20.7. The Morgan fingerprint density at radius 2 is 1.82 bits per heavy atom. The van der Waals surface area contributed by atoms with Gasteiger partial charge in [-0.3, -0.25) is 4.79 Å². The van der Waals surface area contributed by atoms with Gasteiger partial charge < -0.3 is 14.9 Å². The van der Waals surface area contributed by atoms with Crippen LogP contribution in [-0.4, -0.2) is 27.8 Å². The number of rotatable bonds is 7. The Morgan fingerprint density at radius 3 is 2.47 bits per heavy atom. The van der Waals surface area contributed by atoms with Gasteiger partial charge in [0.1, 0.15) is 5.75 Å². The third kappa shape index (κ3) is 5.20. The highest BCUT2D eigenvalue weighted by atomic mass is 16.6. The van der Waals surface area contributed by atoms with Crippen molar-refractivity contribution >= 4 is 18.0 Å². The molecule has 5 atom stereocenters. The number of hydrogen-bond donors (Lipinski definition) is 2. The molecule has 0 aromatic heterocycles. The van der Waals surface area contributed by atoms with E-state index in [-0.39, 0.29) is 23.0 Å². The molecule has 2 saturated carbocycles. The summed E-state index contributed by atoms with van der Waals surface area (Å²) in [4.78, 5) is 25.8. The number of aromatic hydroxyl groups is 1. The van der Waals surface area contributed by atoms with Crippen LogP contribution in [0.25, 0.3) is 6.08 Å². The maximum absolute atomic E-state index is 13.4. The summed E-state index contributed by atoms with van der Waals surface area (Å²) < 4.78 is 5.33. The minimum absolute atomic E-state index is 0.00738. The third-order valence-corrected chi connectivity index (χ3v) is 8.47. The molecule has 3 rings (SSSR count). The lowest BCUT2D eigenvalue weighted by molar-refractivity contribution is -0.195. The van der Waals surface area contributed by atoms with E-state index in [1.807, 2.05) is 13.8 Å². The molecule has 5 nitrogen and oxygen atoms in total. The van der Waals surface area contributed by atoms with Crippen molar-refractivity contribution in [2.45, 2.75) is 71.3 Å². The zero-order chi connectivity index (χ0) is 25.1. The number of benzene rings is 1. The average molecular weight is 467 g/mol. The Bertz CT molecular complexity index is 973. The highest BCUT2D eigenvalue weighted by Crippen LogP contribution is 2.63. The molecule has 1 aromatic carbocycles. The zero-order valence-corrected chi connectivity index (χ0v) is 20.7. The van der Waals surface area contributed by atoms with E-state index in [1.165, 1.54) is 18.2 Å². The van der Waals surface area contributed by atoms with Crippen LogP contribution < -0.4 is 0 Å². The van der Waals surface area contributed by atoms with Crippen LogP contribution in [0.5, 0.6) is 5.75 Å². The van der Waals surface area contributed by atoms with Gasteiger partial charge in [0.25, 0.3) is 0 Å². The smallest absolute Gasteiger partial charge is 0.338 e. The monoisotopic (exact) mass is 466 g/mol. The first kappa shape index (κ1) is 26.0. The van der Waals surface area contributed by atoms with E-state index in [2.05, 4.69) is 20.1 Å². The molecule has 5 heteroatoms. The summed E-state index contributed by atoms with van der Waals surface area (Å²) in [5, 5.41) is 20.7. The summed E-state index contributed by atoms with van der Waals surface area (Å²) in [6, 6.07) is 6.39. The van der Waals surface area contributed by atoms with Crippen LogP contribution >= 0.6 is 0 Å². The van der Waals surface area contributed by atoms with Crippen molar-refractivity contribution in [1.29, 1.82) is 0 Å². The second kappa shape index (κ2) is 9.91. The van der Waals surface area contributed by atoms with Crippen molar-refractivity contribution in [3.05, 3.63) is 60.7 Å². The van der Waals surface area contributed by atoms with Crippen molar-refractivity contribution in [3.63, 3.8) is 0 Å². The van der Waals surface area contributed by atoms with Crippen LogP contribution in [0.4, 0.5) is 0 Å². The van der Waals surface area contributed by atoms with E-state index >= 15 is 0 Å². The van der Waals surface area contributed by atoms with E-state index in [9.17, 15) is 19.8 Å². The van der Waals surface area contributed by atoms with Crippen LogP contribution in [0.2, 0.25) is 0 Å². The van der Waals surface area contributed by atoms with Crippen LogP contribution in [-0.2, 0) is 14.3 Å². The standard InChI is InChI=1S/C29H38O5/c1-6-20(2)8-14-24-27(3)17-7-18-28(4,23(27)16-19-29(24,5)33)26(32)34-25(31)15-11-21-9-12-22(30)13-10-21/h6,9-13,15,23-24,30,33H,1-2,7-8,14,16-19H2,3-5H3/t23-,24-,27+,28+,29-/m1/s1. The number of ether oxygens (including phenoxy) is 1. The van der Waals surface area contributed by atoms with Gasteiger partial charge in [-0.15, -0.1) is 0 Å². The van der Waals surface area contributed by atoms with Gasteiger partial charge in [0.2, 0.25) is 0 Å². The van der Waals surface area contributed by atoms with Gasteiger partial charge in [0.05, 0.1) is 11.0 Å². The molecule has 184 valence electrons. The quantitative estimate of drug-likeness (QED) is 0.224. The molecule has 2 N–H and O–H groups in total. The molecule has 0 unspecified atom stereocenters. The lowest BCUT2D eigenvalue weighted by Gasteiger charge is -2.61. The number of allylic oxidation sites excluding steroid dienone is 2. The van der Waals surface area contributed by atoms with Crippen molar-refractivity contribution < 1.29 is 24.5 Å². The number of carbonyl (C=O) groups is 2. The predicted molar refractivity (Wildman–Crippen MR) is 134 cm³/mol. The number of hydrogen-bond acceptors (Lipinski definition) is 5. The number of aliphatic hydroxyl groups is 1. The summed E-state index contributed by atoms with van der Waals surface area (Å²) in [7, 11) is 0. The van der Waals surface area contributed by atoms with Crippen LogP contribution in [0.3, 0.4) is 0 Å². The molecule has 0 spiro atoms. The van der Waals surface area contributed by atoms with E-state index in [4.69, 9.17) is 4.74 Å². The molecule has 0 bridgehead atoms. The van der Waals surface area contributed by atoms with Crippen molar-refractivity contribution in [2.24, 2.45) is 22.7 Å². The number of phenols is 1. The summed E-state index contributed by atoms with van der Waals surface area (Å²) in [5.74, 6) is -1.03. The Morgan fingerprint density at radius 1 is 1.15 bits per heavy atom. The normalized spacial score (nSPS) is 33.2. The third-order valence-electron chi connectivity index (χ3n) is 8.47. The van der Waals surface area contributed by atoms with E-state index in [0.29, 0.717) is 19.3 Å². The Hall–Kier alpha value is -2.66. The highest BCUT2D eigenvalue weighted by molar-refractivity contribution is 5.96. The lowest BCUT2D eigenvalue weighted by atomic mass is 9.44. The van der Waals surface area contributed by atoms with Gasteiger partial charge in [0.15, 0.2) is 0 Å². The van der Waals surface area contributed by atoms with E-state index in [1.54, 1.807) is 24.3 Å². The van der Waals surface area contributed by atoms with Crippen molar-refractivity contribution in [3.8, 4) is 5.75 Å². The summed E-state index contributed by atoms with van der Waals surface area (Å²) in [6.45, 7) is 13.9. The van der Waals surface area contributed by atoms with Gasteiger partial charge in [-0.1, -0.05) is 50.3 Å². The first-order chi connectivity index (χ1) is 15.9. The number of fused-ring (bicyclic) bond motifs is 1. The largest absolute Gasteiger partial charge is 0.508 e. The van der Waals surface area contributed by atoms with Gasteiger partial charge in [0, 0.05) is 6.08 Å².